The molecule has 1 aliphatic rings. The molecule has 0 spiro atoms. The molecule has 1 rings (SSSR count). The third-order valence-corrected chi connectivity index (χ3v) is 2.68. The first kappa shape index (κ1) is 12.5. The van der Waals surface area contributed by atoms with Crippen molar-refractivity contribution >= 4 is 11.8 Å². The number of allylic oxidation sites excluding steroid dienone is 3. The zero-order valence-corrected chi connectivity index (χ0v) is 9.56. The molecule has 0 radical (unpaired) electrons. The van der Waals surface area contributed by atoms with E-state index < -0.39 is 0 Å². The fourth-order valence-corrected chi connectivity index (χ4v) is 1.76. The van der Waals surface area contributed by atoms with Crippen molar-refractivity contribution < 1.29 is 9.59 Å². The molecule has 1 fully saturated rings. The van der Waals surface area contributed by atoms with Crippen LogP contribution in [0.25, 0.3) is 0 Å². The number of nitrogens with two attached hydrogens (primary N) is 1. The molecule has 0 bridgehead atoms. The van der Waals surface area contributed by atoms with Crippen LogP contribution >= 0.6 is 0 Å². The molecule has 2 amide bonds. The van der Waals surface area contributed by atoms with Gasteiger partial charge in [-0.2, -0.15) is 0 Å². The highest BCUT2D eigenvalue weighted by Gasteiger charge is 2.25. The maximum atomic E-state index is 11.7. The van der Waals surface area contributed by atoms with Crippen molar-refractivity contribution in [2.24, 2.45) is 11.7 Å². The van der Waals surface area contributed by atoms with Gasteiger partial charge in [-0.25, -0.2) is 0 Å². The Hall–Kier alpha value is -1.58. The molecular weight excluding hydrogens is 204 g/mol. The Morgan fingerprint density at radius 2 is 2.12 bits per heavy atom. The normalized spacial score (nSPS) is 21.8. The summed E-state index contributed by atoms with van der Waals surface area (Å²) >= 11 is 0. The third kappa shape index (κ3) is 3.53. The van der Waals surface area contributed by atoms with Crippen LogP contribution in [-0.2, 0) is 9.59 Å². The molecule has 1 aliphatic heterocycles. The van der Waals surface area contributed by atoms with Crippen LogP contribution < -0.4 is 5.73 Å². The zero-order chi connectivity index (χ0) is 12.0. The SMILES string of the molecule is C/C=C/C=C/C(=O)N1CCCC(C(N)=O)C1. The number of primary amides is 1. The van der Waals surface area contributed by atoms with E-state index in [2.05, 4.69) is 0 Å². The molecule has 0 aromatic rings. The van der Waals surface area contributed by atoms with Crippen molar-refractivity contribution in [3.63, 3.8) is 0 Å². The van der Waals surface area contributed by atoms with Crippen LogP contribution in [-0.4, -0.2) is 29.8 Å². The van der Waals surface area contributed by atoms with Gasteiger partial charge in [0.2, 0.25) is 11.8 Å². The van der Waals surface area contributed by atoms with Crippen LogP contribution in [0, 0.1) is 5.92 Å². The molecule has 4 heteroatoms. The van der Waals surface area contributed by atoms with E-state index in [1.54, 1.807) is 17.1 Å². The predicted molar refractivity (Wildman–Crippen MR) is 62.5 cm³/mol. The van der Waals surface area contributed by atoms with E-state index in [9.17, 15) is 9.59 Å². The second kappa shape index (κ2) is 6.10. The number of nitrogens with zero attached hydrogens (tertiary/aromatic N) is 1. The van der Waals surface area contributed by atoms with E-state index in [-0.39, 0.29) is 17.7 Å². The average Bonchev–Trinajstić information content (AvgIpc) is 2.29. The van der Waals surface area contributed by atoms with Crippen molar-refractivity contribution in [2.45, 2.75) is 19.8 Å². The standard InChI is InChI=1S/C12H18N2O2/c1-2-3-4-7-11(15)14-8-5-6-10(9-14)12(13)16/h2-4,7,10H,5-6,8-9H2,1H3,(H2,13,16)/b3-2+,7-4+. The maximum absolute atomic E-state index is 11.7. The Balaban J connectivity index is 2.53. The number of rotatable bonds is 3. The molecule has 16 heavy (non-hydrogen) atoms. The van der Waals surface area contributed by atoms with Crippen molar-refractivity contribution in [1.82, 2.24) is 4.90 Å². The first-order chi connectivity index (χ1) is 7.65. The number of carbonyl (C=O) groups is 2. The Labute approximate surface area is 95.8 Å². The maximum Gasteiger partial charge on any atom is 0.246 e. The van der Waals surface area contributed by atoms with Gasteiger partial charge >= 0.3 is 0 Å². The highest BCUT2D eigenvalue weighted by molar-refractivity contribution is 5.88. The largest absolute Gasteiger partial charge is 0.369 e. The summed E-state index contributed by atoms with van der Waals surface area (Å²) in [5.41, 5.74) is 5.25. The minimum atomic E-state index is -0.310. The summed E-state index contributed by atoms with van der Waals surface area (Å²) in [6, 6.07) is 0. The summed E-state index contributed by atoms with van der Waals surface area (Å²) in [6.07, 6.45) is 8.51. The molecular formula is C12H18N2O2. The lowest BCUT2D eigenvalue weighted by molar-refractivity contribution is -0.130. The van der Waals surface area contributed by atoms with Gasteiger partial charge in [-0.3, -0.25) is 9.59 Å². The second-order valence-corrected chi connectivity index (χ2v) is 3.91. The van der Waals surface area contributed by atoms with Crippen LogP contribution in [0.1, 0.15) is 19.8 Å². The number of hydrogen-bond acceptors (Lipinski definition) is 2. The number of piperidine rings is 1. The van der Waals surface area contributed by atoms with Gasteiger partial charge in [-0.15, -0.1) is 0 Å². The molecule has 1 heterocycles. The van der Waals surface area contributed by atoms with Crippen molar-refractivity contribution in [3.8, 4) is 0 Å². The van der Waals surface area contributed by atoms with E-state index in [1.165, 1.54) is 6.08 Å². The Kier molecular flexibility index (Phi) is 4.76. The van der Waals surface area contributed by atoms with Crippen molar-refractivity contribution in [1.29, 1.82) is 0 Å². The van der Waals surface area contributed by atoms with Gasteiger partial charge in [0.1, 0.15) is 0 Å². The van der Waals surface area contributed by atoms with Gasteiger partial charge in [-0.1, -0.05) is 18.2 Å². The van der Waals surface area contributed by atoms with Crippen molar-refractivity contribution in [2.75, 3.05) is 13.1 Å². The summed E-state index contributed by atoms with van der Waals surface area (Å²) in [4.78, 5) is 24.4. The zero-order valence-electron chi connectivity index (χ0n) is 9.56. The Bertz CT molecular complexity index is 321. The number of likely N-dealkylation sites (tertiary alicyclic amines) is 1. The number of carbonyl (C=O) groups excluding carboxylic acids is 2. The molecule has 88 valence electrons. The van der Waals surface area contributed by atoms with E-state index >= 15 is 0 Å². The van der Waals surface area contributed by atoms with Gasteiger partial charge in [-0.05, 0) is 19.8 Å². The van der Waals surface area contributed by atoms with Crippen LogP contribution in [0.15, 0.2) is 24.3 Å². The van der Waals surface area contributed by atoms with Gasteiger partial charge in [0, 0.05) is 19.2 Å². The minimum Gasteiger partial charge on any atom is -0.369 e. The molecule has 0 aromatic carbocycles. The van der Waals surface area contributed by atoms with Gasteiger partial charge in [0.15, 0.2) is 0 Å². The lowest BCUT2D eigenvalue weighted by Crippen LogP contribution is -2.43. The van der Waals surface area contributed by atoms with Crippen LogP contribution in [0.2, 0.25) is 0 Å². The molecule has 0 saturated carbocycles. The average molecular weight is 222 g/mol. The van der Waals surface area contributed by atoms with Crippen LogP contribution in [0.3, 0.4) is 0 Å². The number of hydrogen-bond donors (Lipinski definition) is 1. The summed E-state index contributed by atoms with van der Waals surface area (Å²) in [5.74, 6) is -0.549. The smallest absolute Gasteiger partial charge is 0.246 e. The lowest BCUT2D eigenvalue weighted by Gasteiger charge is -2.30. The second-order valence-electron chi connectivity index (χ2n) is 3.91. The molecule has 1 atom stereocenters. The van der Waals surface area contributed by atoms with Crippen molar-refractivity contribution in [3.05, 3.63) is 24.3 Å². The molecule has 1 saturated heterocycles. The summed E-state index contributed by atoms with van der Waals surface area (Å²) < 4.78 is 0. The first-order valence-electron chi connectivity index (χ1n) is 5.52. The molecule has 0 aromatic heterocycles. The van der Waals surface area contributed by atoms with Gasteiger partial charge in [0.25, 0.3) is 0 Å². The first-order valence-corrected chi connectivity index (χ1v) is 5.52. The summed E-state index contributed by atoms with van der Waals surface area (Å²) in [6.45, 7) is 3.05. The molecule has 2 N–H and O–H groups in total. The van der Waals surface area contributed by atoms with Crippen LogP contribution in [0.4, 0.5) is 0 Å². The minimum absolute atomic E-state index is 0.0518. The monoisotopic (exact) mass is 222 g/mol. The van der Waals surface area contributed by atoms with E-state index in [0.717, 1.165) is 12.8 Å². The third-order valence-electron chi connectivity index (χ3n) is 2.68. The van der Waals surface area contributed by atoms with E-state index in [1.807, 2.05) is 13.0 Å². The summed E-state index contributed by atoms with van der Waals surface area (Å²) in [5, 5.41) is 0. The highest BCUT2D eigenvalue weighted by Crippen LogP contribution is 2.16. The van der Waals surface area contributed by atoms with Crippen LogP contribution in [0.5, 0.6) is 0 Å². The topological polar surface area (TPSA) is 63.4 Å². The highest BCUT2D eigenvalue weighted by atomic mass is 16.2. The molecule has 1 unspecified atom stereocenters. The molecule has 0 aliphatic carbocycles. The molecule has 4 nitrogen and oxygen atoms in total. The quantitative estimate of drug-likeness (QED) is 0.568. The lowest BCUT2D eigenvalue weighted by atomic mass is 9.97. The van der Waals surface area contributed by atoms with E-state index in [4.69, 9.17) is 5.73 Å². The van der Waals surface area contributed by atoms with Gasteiger partial charge < -0.3 is 10.6 Å². The summed E-state index contributed by atoms with van der Waals surface area (Å²) in [7, 11) is 0. The fraction of sp³-hybridized carbons (Fsp3) is 0.500. The number of amides is 2. The Morgan fingerprint density at radius 3 is 2.75 bits per heavy atom. The van der Waals surface area contributed by atoms with E-state index in [0.29, 0.717) is 13.1 Å². The van der Waals surface area contributed by atoms with Gasteiger partial charge in [0.05, 0.1) is 5.92 Å². The Morgan fingerprint density at radius 1 is 1.38 bits per heavy atom. The fourth-order valence-electron chi connectivity index (χ4n) is 1.76. The predicted octanol–water partition coefficient (Wildman–Crippen LogP) is 0.843.